The number of rotatable bonds is 4. The first kappa shape index (κ1) is 17.7. The van der Waals surface area contributed by atoms with E-state index in [0.717, 1.165) is 12.8 Å². The molecule has 0 spiro atoms. The highest BCUT2D eigenvalue weighted by Crippen LogP contribution is 2.41. The normalized spacial score (nSPS) is 30.0. The Kier molecular flexibility index (Phi) is 4.19. The number of nitrogens with zero attached hydrogens (tertiary/aromatic N) is 3. The van der Waals surface area contributed by atoms with Gasteiger partial charge in [-0.2, -0.15) is 0 Å². The standard InChI is InChI=1S/C20H23N3O5/c24-16-12-3-4-13(9-12)17(25)15(16)18(26)14-10-21-19(11-1-2-11)23(20(14)27)22-5-7-28-8-6-22/h10-13,15H,1-9H2. The van der Waals surface area contributed by atoms with E-state index < -0.39 is 17.3 Å². The molecule has 5 rings (SSSR count). The van der Waals surface area contributed by atoms with E-state index in [1.807, 2.05) is 5.01 Å². The number of fused-ring (bicyclic) bond motifs is 2. The van der Waals surface area contributed by atoms with Gasteiger partial charge < -0.3 is 9.75 Å². The van der Waals surface area contributed by atoms with E-state index in [0.29, 0.717) is 51.4 Å². The second-order valence-electron chi connectivity index (χ2n) is 8.30. The summed E-state index contributed by atoms with van der Waals surface area (Å²) in [6.07, 6.45) is 5.09. The van der Waals surface area contributed by atoms with E-state index in [2.05, 4.69) is 4.98 Å². The van der Waals surface area contributed by atoms with Crippen molar-refractivity contribution in [2.45, 2.75) is 38.0 Å². The van der Waals surface area contributed by atoms with Crippen LogP contribution in [0.4, 0.5) is 0 Å². The number of ketones is 3. The molecule has 8 nitrogen and oxygen atoms in total. The average Bonchev–Trinajstić information content (AvgIpc) is 3.45. The Balaban J connectivity index is 1.55. The maximum atomic E-state index is 13.3. The van der Waals surface area contributed by atoms with E-state index in [1.165, 1.54) is 10.9 Å². The summed E-state index contributed by atoms with van der Waals surface area (Å²) in [5, 5.41) is 1.86. The molecule has 4 aliphatic rings. The van der Waals surface area contributed by atoms with Crippen molar-refractivity contribution in [3.05, 3.63) is 27.9 Å². The maximum absolute atomic E-state index is 13.3. The summed E-state index contributed by atoms with van der Waals surface area (Å²) < 4.78 is 6.87. The molecule has 0 radical (unpaired) electrons. The van der Waals surface area contributed by atoms with Crippen LogP contribution in [0.2, 0.25) is 0 Å². The average molecular weight is 385 g/mol. The highest BCUT2D eigenvalue weighted by Gasteiger charge is 2.50. The minimum absolute atomic E-state index is 0.149. The molecule has 1 saturated heterocycles. The van der Waals surface area contributed by atoms with Gasteiger partial charge in [0.05, 0.1) is 26.3 Å². The Bertz CT molecular complexity index is 891. The molecular weight excluding hydrogens is 362 g/mol. The van der Waals surface area contributed by atoms with E-state index >= 15 is 0 Å². The van der Waals surface area contributed by atoms with Crippen LogP contribution in [0.3, 0.4) is 0 Å². The minimum atomic E-state index is -1.33. The lowest BCUT2D eigenvalue weighted by Gasteiger charge is -2.32. The smallest absolute Gasteiger partial charge is 0.283 e. The largest absolute Gasteiger partial charge is 0.378 e. The Labute approximate surface area is 161 Å². The topological polar surface area (TPSA) is 98.6 Å². The van der Waals surface area contributed by atoms with Gasteiger partial charge in [0.1, 0.15) is 17.3 Å². The van der Waals surface area contributed by atoms with Crippen LogP contribution >= 0.6 is 0 Å². The molecule has 2 atom stereocenters. The van der Waals surface area contributed by atoms with Crippen LogP contribution < -0.4 is 10.6 Å². The number of Topliss-reactive ketones (excluding diaryl/α,β-unsaturated/α-hetero) is 3. The molecule has 0 amide bonds. The zero-order chi connectivity index (χ0) is 19.4. The molecule has 0 aromatic carbocycles. The molecule has 3 aliphatic carbocycles. The van der Waals surface area contributed by atoms with Crippen LogP contribution in [0.1, 0.15) is 54.2 Å². The summed E-state index contributed by atoms with van der Waals surface area (Å²) >= 11 is 0. The predicted octanol–water partition coefficient (Wildman–Crippen LogP) is 0.456. The molecule has 1 aromatic heterocycles. The molecule has 1 aromatic rings. The molecular formula is C20H23N3O5. The number of hydrogen-bond donors (Lipinski definition) is 0. The van der Waals surface area contributed by atoms with Gasteiger partial charge in [-0.05, 0) is 32.1 Å². The second kappa shape index (κ2) is 6.62. The number of ether oxygens (including phenoxy) is 1. The molecule has 2 bridgehead atoms. The summed E-state index contributed by atoms with van der Waals surface area (Å²) in [6, 6.07) is 0. The summed E-state index contributed by atoms with van der Waals surface area (Å²) in [5.41, 5.74) is -0.619. The quantitative estimate of drug-likeness (QED) is 0.548. The van der Waals surface area contributed by atoms with Crippen molar-refractivity contribution in [1.29, 1.82) is 0 Å². The summed E-state index contributed by atoms with van der Waals surface area (Å²) in [7, 11) is 0. The third kappa shape index (κ3) is 2.73. The van der Waals surface area contributed by atoms with Crippen LogP contribution in [-0.4, -0.2) is 53.3 Å². The SMILES string of the molecule is O=C(c1cnc(C2CC2)n(N2CCOCC2)c1=O)C1C(=O)C2CCC(C2)C1=O. The van der Waals surface area contributed by atoms with Crippen LogP contribution in [0, 0.1) is 17.8 Å². The molecule has 1 aliphatic heterocycles. The predicted molar refractivity (Wildman–Crippen MR) is 97.9 cm³/mol. The molecule has 148 valence electrons. The molecule has 4 fully saturated rings. The fourth-order valence-corrected chi connectivity index (χ4v) is 4.80. The van der Waals surface area contributed by atoms with Crippen molar-refractivity contribution < 1.29 is 19.1 Å². The first-order chi connectivity index (χ1) is 13.6. The number of hydrogen-bond acceptors (Lipinski definition) is 7. The molecule has 0 N–H and O–H groups in total. The first-order valence-electron chi connectivity index (χ1n) is 10.1. The molecule has 3 saturated carbocycles. The van der Waals surface area contributed by atoms with Gasteiger partial charge in [0.2, 0.25) is 0 Å². The van der Waals surface area contributed by atoms with Crippen LogP contribution in [-0.2, 0) is 14.3 Å². The highest BCUT2D eigenvalue weighted by atomic mass is 16.5. The van der Waals surface area contributed by atoms with E-state index in [9.17, 15) is 19.2 Å². The lowest BCUT2D eigenvalue weighted by molar-refractivity contribution is -0.137. The van der Waals surface area contributed by atoms with Gasteiger partial charge in [-0.15, -0.1) is 0 Å². The number of aromatic nitrogens is 2. The Hall–Kier alpha value is -2.35. The summed E-state index contributed by atoms with van der Waals surface area (Å²) in [5.74, 6) is -2.20. The van der Waals surface area contributed by atoms with E-state index in [1.54, 1.807) is 0 Å². The van der Waals surface area contributed by atoms with Gasteiger partial charge in [-0.3, -0.25) is 19.2 Å². The first-order valence-corrected chi connectivity index (χ1v) is 10.1. The van der Waals surface area contributed by atoms with Gasteiger partial charge in [-0.1, -0.05) is 0 Å². The number of carbonyl (C=O) groups excluding carboxylic acids is 3. The van der Waals surface area contributed by atoms with Crippen molar-refractivity contribution in [1.82, 2.24) is 9.66 Å². The zero-order valence-corrected chi connectivity index (χ0v) is 15.6. The fraction of sp³-hybridized carbons (Fsp3) is 0.650. The highest BCUT2D eigenvalue weighted by molar-refractivity contribution is 6.26. The summed E-state index contributed by atoms with van der Waals surface area (Å²) in [4.78, 5) is 56.3. The van der Waals surface area contributed by atoms with E-state index in [4.69, 9.17) is 4.74 Å². The van der Waals surface area contributed by atoms with Crippen LogP contribution in [0.5, 0.6) is 0 Å². The summed E-state index contributed by atoms with van der Waals surface area (Å²) in [6.45, 7) is 2.06. The van der Waals surface area contributed by atoms with Crippen molar-refractivity contribution >= 4 is 17.3 Å². The monoisotopic (exact) mass is 385 g/mol. The van der Waals surface area contributed by atoms with Crippen molar-refractivity contribution in [3.63, 3.8) is 0 Å². The Morgan fingerprint density at radius 3 is 2.18 bits per heavy atom. The number of morpholine rings is 1. The molecule has 2 unspecified atom stereocenters. The lowest BCUT2D eigenvalue weighted by atomic mass is 9.75. The molecule has 2 heterocycles. The molecule has 28 heavy (non-hydrogen) atoms. The van der Waals surface area contributed by atoms with Gasteiger partial charge in [0.15, 0.2) is 17.3 Å². The van der Waals surface area contributed by atoms with Crippen molar-refractivity contribution in [2.24, 2.45) is 17.8 Å². The second-order valence-corrected chi connectivity index (χ2v) is 8.30. The minimum Gasteiger partial charge on any atom is -0.378 e. The van der Waals surface area contributed by atoms with E-state index in [-0.39, 0.29) is 34.9 Å². The third-order valence-corrected chi connectivity index (χ3v) is 6.51. The molecule has 8 heteroatoms. The van der Waals surface area contributed by atoms with Crippen molar-refractivity contribution in [2.75, 3.05) is 31.3 Å². The Morgan fingerprint density at radius 2 is 1.57 bits per heavy atom. The van der Waals surface area contributed by atoms with Crippen LogP contribution in [0.15, 0.2) is 11.0 Å². The van der Waals surface area contributed by atoms with Gasteiger partial charge in [0.25, 0.3) is 5.56 Å². The zero-order valence-electron chi connectivity index (χ0n) is 15.6. The third-order valence-electron chi connectivity index (χ3n) is 6.51. The Morgan fingerprint density at radius 1 is 0.964 bits per heavy atom. The van der Waals surface area contributed by atoms with Gasteiger partial charge in [-0.25, -0.2) is 9.66 Å². The fourth-order valence-electron chi connectivity index (χ4n) is 4.80. The maximum Gasteiger partial charge on any atom is 0.283 e. The van der Waals surface area contributed by atoms with Gasteiger partial charge >= 0.3 is 0 Å². The number of carbonyl (C=O) groups is 3. The van der Waals surface area contributed by atoms with Crippen LogP contribution in [0.25, 0.3) is 0 Å². The van der Waals surface area contributed by atoms with Crippen molar-refractivity contribution in [3.8, 4) is 0 Å². The lowest BCUT2D eigenvalue weighted by Crippen LogP contribution is -2.52. The van der Waals surface area contributed by atoms with Gasteiger partial charge in [0, 0.05) is 24.0 Å².